The van der Waals surface area contributed by atoms with Crippen LogP contribution in [-0.4, -0.2) is 35.8 Å². The van der Waals surface area contributed by atoms with Crippen LogP contribution in [0.4, 0.5) is 5.69 Å². The lowest BCUT2D eigenvalue weighted by atomic mass is 10.3. The molecule has 1 aromatic carbocycles. The van der Waals surface area contributed by atoms with Crippen LogP contribution in [0.5, 0.6) is 5.75 Å². The first-order valence-electron chi connectivity index (χ1n) is 5.50. The fraction of sp³-hybridized carbons (Fsp3) is 0.455. The van der Waals surface area contributed by atoms with E-state index in [1.54, 1.807) is 6.07 Å². The number of benzene rings is 1. The highest BCUT2D eigenvalue weighted by Gasteiger charge is 2.12. The molecular formula is C11H15BrN2O4. The molecule has 0 amide bonds. The zero-order valence-corrected chi connectivity index (χ0v) is 11.5. The van der Waals surface area contributed by atoms with Crippen LogP contribution in [0.25, 0.3) is 0 Å². The first kappa shape index (κ1) is 14.9. The largest absolute Gasteiger partial charge is 0.489 e. The summed E-state index contributed by atoms with van der Waals surface area (Å²) in [7, 11) is 0. The summed E-state index contributed by atoms with van der Waals surface area (Å²) in [5, 5.41) is 23.2. The molecule has 0 aliphatic rings. The Morgan fingerprint density at radius 3 is 2.94 bits per heavy atom. The minimum Gasteiger partial charge on any atom is -0.489 e. The number of aliphatic hydroxyl groups is 1. The topological polar surface area (TPSA) is 84.6 Å². The predicted molar refractivity (Wildman–Crippen MR) is 70.8 cm³/mol. The molecule has 1 aromatic rings. The fourth-order valence-electron chi connectivity index (χ4n) is 1.27. The molecule has 7 heteroatoms. The van der Waals surface area contributed by atoms with Crippen molar-refractivity contribution >= 4 is 21.6 Å². The molecule has 1 rings (SSSR count). The molecule has 1 unspecified atom stereocenters. The average molecular weight is 319 g/mol. The van der Waals surface area contributed by atoms with Crippen molar-refractivity contribution in [1.29, 1.82) is 0 Å². The summed E-state index contributed by atoms with van der Waals surface area (Å²) in [6, 6.07) is 4.25. The Bertz CT molecular complexity index is 414. The highest BCUT2D eigenvalue weighted by molar-refractivity contribution is 9.10. The molecule has 0 heterocycles. The summed E-state index contributed by atoms with van der Waals surface area (Å²) in [5.74, 6) is 0.347. The number of non-ortho nitro benzene ring substituents is 1. The van der Waals surface area contributed by atoms with Crippen LogP contribution >= 0.6 is 15.9 Å². The molecule has 0 bridgehead atoms. The van der Waals surface area contributed by atoms with Gasteiger partial charge in [0.05, 0.1) is 15.5 Å². The van der Waals surface area contributed by atoms with E-state index in [1.165, 1.54) is 12.1 Å². The predicted octanol–water partition coefficient (Wildman–Crippen LogP) is 1.71. The van der Waals surface area contributed by atoms with E-state index < -0.39 is 11.0 Å². The number of hydrogen-bond acceptors (Lipinski definition) is 5. The van der Waals surface area contributed by atoms with Gasteiger partial charge in [-0.15, -0.1) is 0 Å². The third kappa shape index (κ3) is 4.59. The molecule has 1 atom stereocenters. The number of rotatable bonds is 7. The van der Waals surface area contributed by atoms with E-state index in [0.29, 0.717) is 16.8 Å². The maximum absolute atomic E-state index is 10.6. The van der Waals surface area contributed by atoms with E-state index in [9.17, 15) is 15.2 Å². The molecule has 0 fully saturated rings. The smallest absolute Gasteiger partial charge is 0.273 e. The minimum atomic E-state index is -0.656. The molecule has 0 saturated carbocycles. The Hall–Kier alpha value is -1.18. The fourth-order valence-corrected chi connectivity index (χ4v) is 1.63. The normalized spacial score (nSPS) is 12.2. The van der Waals surface area contributed by atoms with Gasteiger partial charge in [-0.1, -0.05) is 6.92 Å². The summed E-state index contributed by atoms with van der Waals surface area (Å²) < 4.78 is 5.96. The standard InChI is InChI=1S/C11H15BrN2O4/c1-2-13-6-9(15)7-18-11-5-8(14(16)17)3-4-10(11)12/h3-5,9,13,15H,2,6-7H2,1H3. The first-order chi connectivity index (χ1) is 8.54. The molecule has 0 aliphatic carbocycles. The van der Waals surface area contributed by atoms with Crippen LogP contribution in [0.15, 0.2) is 22.7 Å². The highest BCUT2D eigenvalue weighted by atomic mass is 79.9. The van der Waals surface area contributed by atoms with E-state index >= 15 is 0 Å². The molecular weight excluding hydrogens is 304 g/mol. The van der Waals surface area contributed by atoms with E-state index in [-0.39, 0.29) is 12.3 Å². The Labute approximate surface area is 113 Å². The number of nitrogens with one attached hydrogen (secondary N) is 1. The van der Waals surface area contributed by atoms with Gasteiger partial charge >= 0.3 is 0 Å². The van der Waals surface area contributed by atoms with Gasteiger partial charge in [0.2, 0.25) is 0 Å². The van der Waals surface area contributed by atoms with E-state index in [2.05, 4.69) is 21.2 Å². The maximum atomic E-state index is 10.6. The van der Waals surface area contributed by atoms with E-state index in [1.807, 2.05) is 6.92 Å². The van der Waals surface area contributed by atoms with Crippen LogP contribution in [0.1, 0.15) is 6.92 Å². The number of halogens is 1. The molecule has 0 radical (unpaired) electrons. The number of likely N-dealkylation sites (N-methyl/N-ethyl adjacent to an activating group) is 1. The second-order valence-corrected chi connectivity index (χ2v) is 4.50. The van der Waals surface area contributed by atoms with Gasteiger partial charge in [0.25, 0.3) is 5.69 Å². The number of nitro benzene ring substituents is 1. The third-order valence-electron chi connectivity index (χ3n) is 2.19. The van der Waals surface area contributed by atoms with Gasteiger partial charge in [-0.05, 0) is 28.5 Å². The average Bonchev–Trinajstić information content (AvgIpc) is 2.35. The highest BCUT2D eigenvalue weighted by Crippen LogP contribution is 2.29. The number of hydrogen-bond donors (Lipinski definition) is 2. The number of ether oxygens (including phenoxy) is 1. The van der Waals surface area contributed by atoms with E-state index in [0.717, 1.165) is 6.54 Å². The Balaban J connectivity index is 2.60. The SMILES string of the molecule is CCNCC(O)COc1cc([N+](=O)[O-])ccc1Br. The van der Waals surface area contributed by atoms with Gasteiger partial charge in [0, 0.05) is 12.6 Å². The molecule has 2 N–H and O–H groups in total. The van der Waals surface area contributed by atoms with Crippen molar-refractivity contribution in [2.24, 2.45) is 0 Å². The maximum Gasteiger partial charge on any atom is 0.273 e. The minimum absolute atomic E-state index is 0.0469. The summed E-state index contributed by atoms with van der Waals surface area (Å²) in [6.07, 6.45) is -0.656. The third-order valence-corrected chi connectivity index (χ3v) is 2.84. The molecule has 100 valence electrons. The van der Waals surface area contributed by atoms with Gasteiger partial charge in [-0.2, -0.15) is 0 Å². The summed E-state index contributed by atoms with van der Waals surface area (Å²) in [5.41, 5.74) is -0.0469. The van der Waals surface area contributed by atoms with Gasteiger partial charge in [0.1, 0.15) is 18.5 Å². The van der Waals surface area contributed by atoms with Crippen molar-refractivity contribution in [2.45, 2.75) is 13.0 Å². The first-order valence-corrected chi connectivity index (χ1v) is 6.29. The molecule has 6 nitrogen and oxygen atoms in total. The Kier molecular flexibility index (Phi) is 6.03. The Morgan fingerprint density at radius 2 is 2.33 bits per heavy atom. The number of nitro groups is 1. The second kappa shape index (κ2) is 7.30. The van der Waals surface area contributed by atoms with Crippen molar-refractivity contribution in [2.75, 3.05) is 19.7 Å². The van der Waals surface area contributed by atoms with Gasteiger partial charge < -0.3 is 15.2 Å². The van der Waals surface area contributed by atoms with Gasteiger partial charge in [-0.25, -0.2) is 0 Å². The monoisotopic (exact) mass is 318 g/mol. The lowest BCUT2D eigenvalue weighted by molar-refractivity contribution is -0.385. The van der Waals surface area contributed by atoms with Gasteiger partial charge in [0.15, 0.2) is 0 Å². The summed E-state index contributed by atoms with van der Waals surface area (Å²) in [4.78, 5) is 10.1. The van der Waals surface area contributed by atoms with Crippen LogP contribution < -0.4 is 10.1 Å². The summed E-state index contributed by atoms with van der Waals surface area (Å²) >= 11 is 3.24. The van der Waals surface area contributed by atoms with Crippen molar-refractivity contribution in [3.63, 3.8) is 0 Å². The quantitative estimate of drug-likeness (QED) is 0.590. The zero-order valence-electron chi connectivity index (χ0n) is 9.93. The van der Waals surface area contributed by atoms with Crippen LogP contribution in [0.3, 0.4) is 0 Å². The Morgan fingerprint density at radius 1 is 1.61 bits per heavy atom. The molecule has 18 heavy (non-hydrogen) atoms. The van der Waals surface area contributed by atoms with Crippen molar-refractivity contribution in [1.82, 2.24) is 5.32 Å². The lowest BCUT2D eigenvalue weighted by Crippen LogP contribution is -2.31. The van der Waals surface area contributed by atoms with Crippen molar-refractivity contribution < 1.29 is 14.8 Å². The second-order valence-electron chi connectivity index (χ2n) is 3.64. The summed E-state index contributed by atoms with van der Waals surface area (Å²) in [6.45, 7) is 3.19. The van der Waals surface area contributed by atoms with Gasteiger partial charge in [-0.3, -0.25) is 10.1 Å². The van der Waals surface area contributed by atoms with Crippen LogP contribution in [0, 0.1) is 10.1 Å². The van der Waals surface area contributed by atoms with Crippen LogP contribution in [-0.2, 0) is 0 Å². The van der Waals surface area contributed by atoms with Crippen molar-refractivity contribution in [3.05, 3.63) is 32.8 Å². The molecule has 0 spiro atoms. The molecule has 0 aliphatic heterocycles. The zero-order chi connectivity index (χ0) is 13.5. The molecule has 0 aromatic heterocycles. The number of aliphatic hydroxyl groups excluding tert-OH is 1. The lowest BCUT2D eigenvalue weighted by Gasteiger charge is -2.13. The van der Waals surface area contributed by atoms with E-state index in [4.69, 9.17) is 4.74 Å². The van der Waals surface area contributed by atoms with Crippen LogP contribution in [0.2, 0.25) is 0 Å². The van der Waals surface area contributed by atoms with Crippen molar-refractivity contribution in [3.8, 4) is 5.75 Å². The number of nitrogens with zero attached hydrogens (tertiary/aromatic N) is 1. The molecule has 0 saturated heterocycles.